The molecule has 12 heteroatoms. The average molecular weight is 384 g/mol. The molecule has 0 aliphatic rings. The molecule has 1 aromatic carbocycles. The van der Waals surface area contributed by atoms with E-state index >= 15 is 0 Å². The summed E-state index contributed by atoms with van der Waals surface area (Å²) in [5.74, 6) is -0.375. The Morgan fingerprint density at radius 1 is 0.400 bits per heavy atom. The molecule has 30 heavy (non-hydrogen) atoms. The van der Waals surface area contributed by atoms with E-state index < -0.39 is 0 Å². The third kappa shape index (κ3) is 2.14. The quantitative estimate of drug-likeness (QED) is 0.383. The van der Waals surface area contributed by atoms with E-state index in [1.807, 2.05) is 30.3 Å². The van der Waals surface area contributed by atoms with Crippen LogP contribution >= 0.6 is 0 Å². The molecule has 3 heterocycles. The van der Waals surface area contributed by atoms with Crippen LogP contribution in [-0.4, -0.2) is 30.4 Å². The van der Waals surface area contributed by atoms with Gasteiger partial charge in [-0.2, -0.15) is 31.6 Å². The first-order valence-corrected chi connectivity index (χ1v) is 7.78. The van der Waals surface area contributed by atoms with Crippen LogP contribution in [0, 0.1) is 68.0 Å². The van der Waals surface area contributed by atoms with Crippen molar-refractivity contribution in [1.29, 1.82) is 31.6 Å². The molecule has 0 atom stereocenters. The van der Waals surface area contributed by atoms with Gasteiger partial charge in [0, 0.05) is 21.5 Å². The maximum atomic E-state index is 9.63. The Bertz CT molecular complexity index is 1660. The van der Waals surface area contributed by atoms with Gasteiger partial charge in [0.15, 0.2) is 28.5 Å². The van der Waals surface area contributed by atoms with Gasteiger partial charge >= 0.3 is 0 Å². The van der Waals surface area contributed by atoms with Gasteiger partial charge in [-0.05, 0) is 0 Å². The number of fused-ring (bicyclic) bond motifs is 6. The molecule has 0 bridgehead atoms. The van der Waals surface area contributed by atoms with Gasteiger partial charge in [-0.3, -0.25) is 0 Å². The molecule has 0 unspecified atom stereocenters. The second-order valence-corrected chi connectivity index (χ2v) is 5.58. The van der Waals surface area contributed by atoms with Crippen LogP contribution in [0.2, 0.25) is 0 Å². The smallest absolute Gasteiger partial charge is 0.218 e. The molecule has 0 aliphatic heterocycles. The van der Waals surface area contributed by atoms with Crippen molar-refractivity contribution < 1.29 is 0 Å². The maximum Gasteiger partial charge on any atom is 0.234 e. The Morgan fingerprint density at radius 2 is 0.767 bits per heavy atom. The summed E-state index contributed by atoms with van der Waals surface area (Å²) in [6.45, 7) is 0. The summed E-state index contributed by atoms with van der Waals surface area (Å²) in [5.41, 5.74) is -1.41. The lowest BCUT2D eigenvalue weighted by Gasteiger charge is -2.12. The highest BCUT2D eigenvalue weighted by atomic mass is 15.1. The van der Waals surface area contributed by atoms with E-state index in [-0.39, 0.29) is 66.7 Å². The van der Waals surface area contributed by atoms with Gasteiger partial charge in [-0.25, -0.2) is 9.97 Å². The summed E-state index contributed by atoms with van der Waals surface area (Å²) in [7, 11) is 0. The van der Waals surface area contributed by atoms with Crippen molar-refractivity contribution in [2.75, 3.05) is 0 Å². The molecule has 0 amide bonds. The van der Waals surface area contributed by atoms with E-state index in [9.17, 15) is 31.6 Å². The van der Waals surface area contributed by atoms with E-state index in [0.29, 0.717) is 0 Å². The molecular weight excluding hydrogens is 384 g/mol. The number of nitriles is 6. The number of hydrogen-bond acceptors (Lipinski definition) is 12. The van der Waals surface area contributed by atoms with Crippen molar-refractivity contribution in [2.24, 2.45) is 0 Å². The zero-order valence-electron chi connectivity index (χ0n) is 14.4. The third-order valence-electron chi connectivity index (χ3n) is 4.22. The Labute approximate surface area is 165 Å². The Morgan fingerprint density at radius 3 is 1.17 bits per heavy atom. The van der Waals surface area contributed by atoms with Crippen LogP contribution in [0.3, 0.4) is 0 Å². The molecular formula is C18N12. The first-order valence-electron chi connectivity index (χ1n) is 7.78. The standard InChI is InChI=1S/C18N12/c19-1-7-16-14-9(3-21)28-27-8(2-20)13(14)15-10(4-22)29-30-11(5-23)17(15)18(16)26-12(6-24)25-7. The predicted octanol–water partition coefficient (Wildman–Crippen LogP) is 0.746. The van der Waals surface area contributed by atoms with Gasteiger partial charge in [0.1, 0.15) is 36.4 Å². The minimum Gasteiger partial charge on any atom is -0.218 e. The zero-order valence-corrected chi connectivity index (χ0v) is 14.4. The number of aromatic nitrogens is 6. The fourth-order valence-electron chi connectivity index (χ4n) is 3.16. The summed E-state index contributed by atoms with van der Waals surface area (Å²) in [5, 5.41) is 72.0. The summed E-state index contributed by atoms with van der Waals surface area (Å²) in [6, 6.07) is 10.9. The average Bonchev–Trinajstić information content (AvgIpc) is 2.81. The highest BCUT2D eigenvalue weighted by Crippen LogP contribution is 2.39. The molecule has 0 N–H and O–H groups in total. The van der Waals surface area contributed by atoms with Crippen LogP contribution < -0.4 is 0 Å². The summed E-state index contributed by atoms with van der Waals surface area (Å²) >= 11 is 0. The monoisotopic (exact) mass is 384 g/mol. The molecule has 0 saturated heterocycles. The molecule has 0 spiro atoms. The second-order valence-electron chi connectivity index (χ2n) is 5.58. The van der Waals surface area contributed by atoms with Crippen LogP contribution in [0.5, 0.6) is 0 Å². The van der Waals surface area contributed by atoms with Crippen molar-refractivity contribution in [1.82, 2.24) is 30.4 Å². The van der Waals surface area contributed by atoms with Crippen LogP contribution in [0.1, 0.15) is 34.3 Å². The Kier molecular flexibility index (Phi) is 3.76. The predicted molar refractivity (Wildman–Crippen MR) is 94.0 cm³/mol. The summed E-state index contributed by atoms with van der Waals surface area (Å²) < 4.78 is 0. The number of nitrogens with zero attached hydrogens (tertiary/aromatic N) is 12. The fourth-order valence-corrected chi connectivity index (χ4v) is 3.16. The normalized spacial score (nSPS) is 9.80. The van der Waals surface area contributed by atoms with Crippen LogP contribution in [0.15, 0.2) is 0 Å². The number of hydrogen-bond donors (Lipinski definition) is 0. The molecule has 3 aromatic heterocycles. The second kappa shape index (κ2) is 6.41. The van der Waals surface area contributed by atoms with Gasteiger partial charge in [0.25, 0.3) is 0 Å². The van der Waals surface area contributed by atoms with Gasteiger partial charge < -0.3 is 0 Å². The highest BCUT2D eigenvalue weighted by Gasteiger charge is 2.26. The lowest BCUT2D eigenvalue weighted by Crippen LogP contribution is -2.05. The third-order valence-corrected chi connectivity index (χ3v) is 4.22. The molecule has 0 fully saturated rings. The number of rotatable bonds is 0. The Balaban J connectivity index is 2.64. The molecule has 0 aliphatic carbocycles. The van der Waals surface area contributed by atoms with Gasteiger partial charge in [0.2, 0.25) is 5.82 Å². The first kappa shape index (κ1) is 17.6. The summed E-state index contributed by atoms with van der Waals surface area (Å²) in [4.78, 5) is 7.97. The van der Waals surface area contributed by atoms with Crippen LogP contribution in [-0.2, 0) is 0 Å². The molecule has 4 aromatic rings. The topological polar surface area (TPSA) is 220 Å². The largest absolute Gasteiger partial charge is 0.234 e. The fraction of sp³-hybridized carbons (Fsp3) is 0. The highest BCUT2D eigenvalue weighted by molar-refractivity contribution is 6.28. The summed E-state index contributed by atoms with van der Waals surface area (Å²) in [6.07, 6.45) is 0. The van der Waals surface area contributed by atoms with E-state index in [1.54, 1.807) is 6.07 Å². The molecule has 132 valence electrons. The van der Waals surface area contributed by atoms with Crippen molar-refractivity contribution >= 4 is 32.4 Å². The van der Waals surface area contributed by atoms with E-state index in [2.05, 4.69) is 30.4 Å². The zero-order chi connectivity index (χ0) is 21.4. The Hall–Kier alpha value is -5.82. The van der Waals surface area contributed by atoms with Crippen molar-refractivity contribution in [3.8, 4) is 36.4 Å². The van der Waals surface area contributed by atoms with E-state index in [0.717, 1.165) is 0 Å². The molecule has 4 rings (SSSR count). The van der Waals surface area contributed by atoms with Gasteiger partial charge in [0.05, 0.1) is 10.9 Å². The van der Waals surface area contributed by atoms with Gasteiger partial charge in [-0.1, -0.05) is 0 Å². The van der Waals surface area contributed by atoms with Gasteiger partial charge in [-0.15, -0.1) is 20.4 Å². The minimum atomic E-state index is -0.375. The SMILES string of the molecule is N#Cc1nc(C#N)c2c(n1)c1c(C#N)nnc(C#N)c1c1c(C#N)nnc(C#N)c21. The number of benzene rings is 1. The van der Waals surface area contributed by atoms with Crippen LogP contribution in [0.4, 0.5) is 0 Å². The van der Waals surface area contributed by atoms with Crippen molar-refractivity contribution in [3.05, 3.63) is 34.3 Å². The van der Waals surface area contributed by atoms with Crippen LogP contribution in [0.25, 0.3) is 32.4 Å². The molecule has 0 saturated carbocycles. The minimum absolute atomic E-state index is 0.0130. The molecule has 12 nitrogen and oxygen atoms in total. The maximum absolute atomic E-state index is 9.63. The van der Waals surface area contributed by atoms with Crippen molar-refractivity contribution in [3.63, 3.8) is 0 Å². The lowest BCUT2D eigenvalue weighted by molar-refractivity contribution is 1.00. The lowest BCUT2D eigenvalue weighted by atomic mass is 9.93. The first-order chi connectivity index (χ1) is 14.6. The van der Waals surface area contributed by atoms with Crippen molar-refractivity contribution in [2.45, 2.75) is 0 Å². The van der Waals surface area contributed by atoms with E-state index in [4.69, 9.17) is 0 Å². The van der Waals surface area contributed by atoms with E-state index in [1.165, 1.54) is 0 Å². The molecule has 0 radical (unpaired) electrons.